The van der Waals surface area contributed by atoms with Gasteiger partial charge in [-0.25, -0.2) is 23.1 Å². The summed E-state index contributed by atoms with van der Waals surface area (Å²) in [7, 11) is 3.21. The number of aryl methyl sites for hydroxylation is 2. The van der Waals surface area contributed by atoms with Crippen LogP contribution < -0.4 is 15.9 Å². The smallest absolute Gasteiger partial charge is 0.329 e. The molecule has 7 heterocycles. The maximum absolute atomic E-state index is 14.3. The maximum atomic E-state index is 14.3. The van der Waals surface area contributed by atoms with Crippen molar-refractivity contribution in [2.45, 2.75) is 88.8 Å². The number of para-hydroxylation sites is 1. The number of carbonyl (C=O) groups excluding carboxylic acids is 3. The number of likely N-dealkylation sites (N-methyl/N-ethyl adjacent to an activating group) is 1. The lowest BCUT2D eigenvalue weighted by molar-refractivity contribution is -0.149. The number of nitrogens with one attached hydrogen (secondary N) is 1. The zero-order valence-electron chi connectivity index (χ0n) is 35.8. The molecule has 4 aromatic heterocycles. The summed E-state index contributed by atoms with van der Waals surface area (Å²) in [5, 5.41) is 11.2. The van der Waals surface area contributed by atoms with Crippen molar-refractivity contribution in [3.05, 3.63) is 70.2 Å². The van der Waals surface area contributed by atoms with Crippen molar-refractivity contribution in [3.8, 4) is 0 Å². The van der Waals surface area contributed by atoms with Gasteiger partial charge < -0.3 is 24.6 Å². The van der Waals surface area contributed by atoms with E-state index >= 15 is 0 Å². The highest BCUT2D eigenvalue weighted by atomic mass is 19.3. The van der Waals surface area contributed by atoms with E-state index in [1.165, 1.54) is 24.0 Å². The number of amides is 3. The molecule has 1 saturated carbocycles. The monoisotopic (exact) mass is 871 g/mol. The Balaban J connectivity index is 0.730. The van der Waals surface area contributed by atoms with Gasteiger partial charge in [-0.15, -0.1) is 0 Å². The molecular formula is C44H55F2N11O6. The number of imide groups is 1. The third-order valence-electron chi connectivity index (χ3n) is 13.5. The number of ether oxygens (including phenoxy) is 2. The number of halogens is 2. The molecule has 4 fully saturated rings. The largest absolute Gasteiger partial charge is 0.378 e. The van der Waals surface area contributed by atoms with E-state index in [-0.39, 0.29) is 47.3 Å². The lowest BCUT2D eigenvalue weighted by Crippen LogP contribution is -2.45. The molecule has 1 atom stereocenters. The Bertz CT molecular complexity index is 2530. The van der Waals surface area contributed by atoms with E-state index in [0.29, 0.717) is 62.2 Å². The normalized spacial score (nSPS) is 22.0. The van der Waals surface area contributed by atoms with E-state index < -0.39 is 24.1 Å². The van der Waals surface area contributed by atoms with Crippen molar-refractivity contribution in [1.82, 2.24) is 43.3 Å². The maximum Gasteiger partial charge on any atom is 0.329 e. The number of anilines is 2. The number of hydrogen-bond acceptors (Lipinski definition) is 11. The molecule has 5 aromatic rings. The first kappa shape index (κ1) is 42.8. The number of rotatable bonds is 13. The van der Waals surface area contributed by atoms with Crippen LogP contribution in [0.5, 0.6) is 0 Å². The number of morpholine rings is 1. The standard InChI is InChI=1S/C44H55F2N11O6/c1-51-37(58)13-12-35(43(51)60)57-34-7-3-5-29(39(34)52(2)44(57)61)6-4-22-63-31-14-17-53(18-15-31)26-28-8-10-30(11-9-28)56-27-33(38(50-56)40(45)46)48-42(59)32-25-47-55-19-16-36(49-41(32)55)54-20-23-62-24-21-54/h3,5,7,16,19,25,27-28,30-31,35,40H,4,6,8-15,17-18,20-24,26H2,1-2H3,(H,48,59)/t28-,30-,35?. The Hall–Kier alpha value is -5.53. The first-order valence-corrected chi connectivity index (χ1v) is 22.2. The summed E-state index contributed by atoms with van der Waals surface area (Å²) in [5.41, 5.74) is 2.35. The molecule has 17 nitrogen and oxygen atoms in total. The van der Waals surface area contributed by atoms with E-state index in [9.17, 15) is 28.0 Å². The number of piperidine rings is 2. The van der Waals surface area contributed by atoms with Gasteiger partial charge in [0.15, 0.2) is 11.3 Å². The lowest BCUT2D eigenvalue weighted by atomic mass is 9.85. The molecule has 4 aliphatic rings. The number of benzene rings is 1. The Kier molecular flexibility index (Phi) is 12.4. The fourth-order valence-electron chi connectivity index (χ4n) is 9.92. The fraction of sp³-hybridized carbons (Fsp3) is 0.568. The van der Waals surface area contributed by atoms with Crippen molar-refractivity contribution in [1.29, 1.82) is 0 Å². The number of hydrogen-bond donors (Lipinski definition) is 1. The van der Waals surface area contributed by atoms with Crippen LogP contribution in [0.25, 0.3) is 16.7 Å². The SMILES string of the molecule is CN1C(=O)CCC(n2c(=O)n(C)c3c(CCCOC4CCN(C[C@H]5CC[C@H](n6cc(NC(=O)c7cnn8ccc(N9CCOCC9)nc78)c(C(F)F)n6)CC5)CC4)cccc32)C1=O. The Labute approximate surface area is 362 Å². The van der Waals surface area contributed by atoms with Crippen LogP contribution in [0.15, 0.2) is 47.7 Å². The second-order valence-corrected chi connectivity index (χ2v) is 17.4. The van der Waals surface area contributed by atoms with E-state index in [2.05, 4.69) is 30.3 Å². The zero-order chi connectivity index (χ0) is 43.8. The summed E-state index contributed by atoms with van der Waals surface area (Å²) in [6.07, 6.45) is 9.50. The minimum atomic E-state index is -2.86. The number of aromatic nitrogens is 7. The van der Waals surface area contributed by atoms with Crippen molar-refractivity contribution >= 4 is 45.9 Å². The summed E-state index contributed by atoms with van der Waals surface area (Å²) in [6, 6.07) is 6.90. The van der Waals surface area contributed by atoms with Crippen LogP contribution in [0.3, 0.4) is 0 Å². The van der Waals surface area contributed by atoms with Crippen molar-refractivity contribution in [2.75, 3.05) is 69.8 Å². The fourth-order valence-corrected chi connectivity index (χ4v) is 9.92. The Morgan fingerprint density at radius 3 is 2.52 bits per heavy atom. The highest BCUT2D eigenvalue weighted by Crippen LogP contribution is 2.36. The third-order valence-corrected chi connectivity index (χ3v) is 13.5. The molecule has 1 aliphatic carbocycles. The Morgan fingerprint density at radius 1 is 0.984 bits per heavy atom. The number of fused-ring (bicyclic) bond motifs is 2. The van der Waals surface area contributed by atoms with Gasteiger partial charge in [-0.05, 0) is 81.4 Å². The van der Waals surface area contributed by atoms with Gasteiger partial charge in [0, 0.05) is 72.2 Å². The lowest BCUT2D eigenvalue weighted by Gasteiger charge is -2.36. The van der Waals surface area contributed by atoms with Crippen LogP contribution >= 0.6 is 0 Å². The van der Waals surface area contributed by atoms with Gasteiger partial charge in [-0.2, -0.15) is 10.2 Å². The summed E-state index contributed by atoms with van der Waals surface area (Å²) < 4.78 is 46.6. The van der Waals surface area contributed by atoms with Gasteiger partial charge in [0.2, 0.25) is 5.91 Å². The van der Waals surface area contributed by atoms with Gasteiger partial charge in [-0.3, -0.25) is 33.1 Å². The number of alkyl halides is 2. The predicted octanol–water partition coefficient (Wildman–Crippen LogP) is 4.77. The van der Waals surface area contributed by atoms with E-state index in [4.69, 9.17) is 9.47 Å². The molecule has 1 unspecified atom stereocenters. The molecule has 336 valence electrons. The molecule has 19 heteroatoms. The van der Waals surface area contributed by atoms with Crippen LogP contribution in [-0.4, -0.2) is 127 Å². The molecule has 3 saturated heterocycles. The Morgan fingerprint density at radius 2 is 1.76 bits per heavy atom. The summed E-state index contributed by atoms with van der Waals surface area (Å²) in [6.45, 7) is 6.03. The number of carbonyl (C=O) groups is 3. The zero-order valence-corrected chi connectivity index (χ0v) is 35.8. The second kappa shape index (κ2) is 18.3. The average molecular weight is 872 g/mol. The van der Waals surface area contributed by atoms with Gasteiger partial charge in [0.05, 0.1) is 48.3 Å². The highest BCUT2D eigenvalue weighted by Gasteiger charge is 2.36. The number of imidazole rings is 1. The minimum Gasteiger partial charge on any atom is -0.378 e. The molecule has 1 aromatic carbocycles. The minimum absolute atomic E-state index is 0.00710. The molecule has 0 radical (unpaired) electrons. The molecular weight excluding hydrogens is 817 g/mol. The van der Waals surface area contributed by atoms with Gasteiger partial charge >= 0.3 is 5.69 Å². The first-order chi connectivity index (χ1) is 30.5. The average Bonchev–Trinajstić information content (AvgIpc) is 4.00. The summed E-state index contributed by atoms with van der Waals surface area (Å²) >= 11 is 0. The van der Waals surface area contributed by atoms with Crippen LogP contribution in [0.4, 0.5) is 20.3 Å². The van der Waals surface area contributed by atoms with Crippen LogP contribution in [0.1, 0.15) is 97.9 Å². The molecule has 1 N–H and O–H groups in total. The van der Waals surface area contributed by atoms with Gasteiger partial charge in [-0.1, -0.05) is 12.1 Å². The second-order valence-electron chi connectivity index (χ2n) is 17.4. The number of likely N-dealkylation sites (tertiary alicyclic amines) is 2. The van der Waals surface area contributed by atoms with Crippen molar-refractivity contribution < 1.29 is 32.6 Å². The highest BCUT2D eigenvalue weighted by molar-refractivity contribution is 6.08. The summed E-state index contributed by atoms with van der Waals surface area (Å²) in [5.74, 6) is 0.0421. The topological polar surface area (TPSA) is 166 Å². The van der Waals surface area contributed by atoms with Crippen LogP contribution in [0.2, 0.25) is 0 Å². The molecule has 0 spiro atoms. The molecule has 9 rings (SSSR count). The molecule has 0 bridgehead atoms. The molecule has 3 aliphatic heterocycles. The van der Waals surface area contributed by atoms with E-state index in [1.807, 2.05) is 24.3 Å². The van der Waals surface area contributed by atoms with Gasteiger partial charge in [0.1, 0.15) is 17.4 Å². The molecule has 3 amide bonds. The van der Waals surface area contributed by atoms with E-state index in [0.717, 1.165) is 87.0 Å². The number of nitrogens with zero attached hydrogens (tertiary/aromatic N) is 10. The van der Waals surface area contributed by atoms with Crippen molar-refractivity contribution in [3.63, 3.8) is 0 Å². The van der Waals surface area contributed by atoms with E-state index in [1.54, 1.807) is 27.1 Å². The quantitative estimate of drug-likeness (QED) is 0.128. The first-order valence-electron chi connectivity index (χ1n) is 22.2. The predicted molar refractivity (Wildman–Crippen MR) is 229 cm³/mol. The van der Waals surface area contributed by atoms with Crippen LogP contribution in [-0.2, 0) is 32.5 Å². The van der Waals surface area contributed by atoms with Crippen LogP contribution in [0, 0.1) is 5.92 Å². The third kappa shape index (κ3) is 8.74. The summed E-state index contributed by atoms with van der Waals surface area (Å²) in [4.78, 5) is 62.3. The molecule has 63 heavy (non-hydrogen) atoms. The van der Waals surface area contributed by atoms with Crippen molar-refractivity contribution in [2.24, 2.45) is 13.0 Å². The van der Waals surface area contributed by atoms with Gasteiger partial charge in [0.25, 0.3) is 18.2 Å².